The highest BCUT2D eigenvalue weighted by atomic mass is 16.4. The number of carbonyl (C=O) groups excluding carboxylic acids is 1. The molecule has 4 heteroatoms. The first-order valence-corrected chi connectivity index (χ1v) is 6.80. The summed E-state index contributed by atoms with van der Waals surface area (Å²) < 4.78 is 0. The van der Waals surface area contributed by atoms with Gasteiger partial charge in [0.15, 0.2) is 0 Å². The molecule has 0 saturated carbocycles. The minimum atomic E-state index is -0.869. The normalized spacial score (nSPS) is 28.1. The van der Waals surface area contributed by atoms with Crippen molar-refractivity contribution in [1.29, 1.82) is 0 Å². The van der Waals surface area contributed by atoms with E-state index in [0.717, 1.165) is 25.7 Å². The van der Waals surface area contributed by atoms with Crippen molar-refractivity contribution in [2.45, 2.75) is 51.5 Å². The Morgan fingerprint density at radius 3 is 2.83 bits per heavy atom. The molecule has 2 unspecified atom stereocenters. The summed E-state index contributed by atoms with van der Waals surface area (Å²) in [6.45, 7) is 2.50. The van der Waals surface area contributed by atoms with Gasteiger partial charge in [0.25, 0.3) is 0 Å². The van der Waals surface area contributed by atoms with Crippen LogP contribution in [0.5, 0.6) is 0 Å². The summed E-state index contributed by atoms with van der Waals surface area (Å²) in [5.74, 6) is -0.822. The summed E-state index contributed by atoms with van der Waals surface area (Å²) in [6.07, 6.45) is 7.76. The Morgan fingerprint density at radius 1 is 1.44 bits per heavy atom. The number of carboxylic acids is 1. The molecule has 0 aromatic rings. The summed E-state index contributed by atoms with van der Waals surface area (Å²) in [5, 5.41) is 9.20. The molecule has 1 amide bonds. The topological polar surface area (TPSA) is 57.6 Å². The number of amides is 1. The third kappa shape index (κ3) is 2.74. The first-order valence-electron chi connectivity index (χ1n) is 6.80. The van der Waals surface area contributed by atoms with Crippen LogP contribution in [-0.4, -0.2) is 34.5 Å². The minimum Gasteiger partial charge on any atom is -0.480 e. The fourth-order valence-electron chi connectivity index (χ4n) is 2.96. The van der Waals surface area contributed by atoms with Gasteiger partial charge in [-0.2, -0.15) is 0 Å². The SMILES string of the molecule is CC1CCN(C(=O)CC2=CCCCC2)C1C(=O)O. The Morgan fingerprint density at radius 2 is 2.22 bits per heavy atom. The molecule has 1 N–H and O–H groups in total. The lowest BCUT2D eigenvalue weighted by atomic mass is 9.96. The quantitative estimate of drug-likeness (QED) is 0.782. The summed E-state index contributed by atoms with van der Waals surface area (Å²) in [7, 11) is 0. The van der Waals surface area contributed by atoms with Crippen molar-refractivity contribution in [3.8, 4) is 0 Å². The minimum absolute atomic E-state index is 0.0140. The summed E-state index contributed by atoms with van der Waals surface area (Å²) in [6, 6.07) is -0.623. The van der Waals surface area contributed by atoms with Crippen LogP contribution in [0.15, 0.2) is 11.6 Å². The van der Waals surface area contributed by atoms with Gasteiger partial charge in [-0.1, -0.05) is 18.6 Å². The second-order valence-corrected chi connectivity index (χ2v) is 5.42. The molecule has 2 rings (SSSR count). The highest BCUT2D eigenvalue weighted by Gasteiger charge is 2.39. The molecule has 2 aliphatic rings. The molecular formula is C14H21NO3. The van der Waals surface area contributed by atoms with Crippen molar-refractivity contribution in [1.82, 2.24) is 4.90 Å². The Hall–Kier alpha value is -1.32. The Labute approximate surface area is 108 Å². The highest BCUT2D eigenvalue weighted by Crippen LogP contribution is 2.27. The predicted molar refractivity (Wildman–Crippen MR) is 68.1 cm³/mol. The number of nitrogens with zero attached hydrogens (tertiary/aromatic N) is 1. The van der Waals surface area contributed by atoms with Crippen LogP contribution in [0.1, 0.15) is 45.4 Å². The third-order valence-electron chi connectivity index (χ3n) is 4.04. The number of carboxylic acid groups (broad SMARTS) is 1. The van der Waals surface area contributed by atoms with E-state index in [2.05, 4.69) is 6.08 Å². The molecule has 1 fully saturated rings. The molecule has 0 aromatic carbocycles. The Bertz CT molecular complexity index is 375. The maximum absolute atomic E-state index is 12.2. The van der Waals surface area contributed by atoms with Gasteiger partial charge in [0.2, 0.25) is 5.91 Å². The van der Waals surface area contributed by atoms with Crippen LogP contribution in [-0.2, 0) is 9.59 Å². The number of rotatable bonds is 3. The van der Waals surface area contributed by atoms with Crippen molar-refractivity contribution in [2.75, 3.05) is 6.54 Å². The molecule has 1 aliphatic carbocycles. The molecule has 0 spiro atoms. The third-order valence-corrected chi connectivity index (χ3v) is 4.04. The molecule has 0 radical (unpaired) electrons. The van der Waals surface area contributed by atoms with E-state index in [9.17, 15) is 14.7 Å². The molecule has 0 aromatic heterocycles. The summed E-state index contributed by atoms with van der Waals surface area (Å²) in [4.78, 5) is 25.0. The molecule has 1 heterocycles. The van der Waals surface area contributed by atoms with Crippen LogP contribution in [0.25, 0.3) is 0 Å². The smallest absolute Gasteiger partial charge is 0.326 e. The molecule has 0 bridgehead atoms. The molecule has 2 atom stereocenters. The highest BCUT2D eigenvalue weighted by molar-refractivity contribution is 5.85. The van der Waals surface area contributed by atoms with Crippen LogP contribution in [0.3, 0.4) is 0 Å². The van der Waals surface area contributed by atoms with Gasteiger partial charge in [-0.25, -0.2) is 4.79 Å². The fourth-order valence-corrected chi connectivity index (χ4v) is 2.96. The molecule has 4 nitrogen and oxygen atoms in total. The van der Waals surface area contributed by atoms with Crippen LogP contribution in [0.2, 0.25) is 0 Å². The van der Waals surface area contributed by atoms with E-state index < -0.39 is 12.0 Å². The van der Waals surface area contributed by atoms with Crippen LogP contribution >= 0.6 is 0 Å². The van der Waals surface area contributed by atoms with Crippen molar-refractivity contribution in [2.24, 2.45) is 5.92 Å². The number of likely N-dealkylation sites (tertiary alicyclic amines) is 1. The summed E-state index contributed by atoms with van der Waals surface area (Å²) >= 11 is 0. The molecule has 100 valence electrons. The van der Waals surface area contributed by atoms with Gasteiger partial charge >= 0.3 is 5.97 Å². The number of hydrogen-bond donors (Lipinski definition) is 1. The zero-order valence-corrected chi connectivity index (χ0v) is 10.9. The largest absolute Gasteiger partial charge is 0.480 e. The van der Waals surface area contributed by atoms with Gasteiger partial charge in [-0.15, -0.1) is 0 Å². The van der Waals surface area contributed by atoms with Gasteiger partial charge < -0.3 is 10.0 Å². The van der Waals surface area contributed by atoms with E-state index in [-0.39, 0.29) is 11.8 Å². The van der Waals surface area contributed by atoms with E-state index in [1.54, 1.807) is 4.90 Å². The van der Waals surface area contributed by atoms with Gasteiger partial charge in [-0.05, 0) is 38.0 Å². The summed E-state index contributed by atoms with van der Waals surface area (Å²) in [5.41, 5.74) is 1.19. The number of allylic oxidation sites excluding steroid dienone is 1. The Balaban J connectivity index is 2.00. The van der Waals surface area contributed by atoms with Crippen LogP contribution < -0.4 is 0 Å². The zero-order chi connectivity index (χ0) is 13.1. The molecular weight excluding hydrogens is 230 g/mol. The lowest BCUT2D eigenvalue weighted by Gasteiger charge is -2.24. The standard InChI is InChI=1S/C14H21NO3/c1-10-7-8-15(13(10)14(17)18)12(16)9-11-5-3-2-4-6-11/h5,10,13H,2-4,6-9H2,1H3,(H,17,18). The van der Waals surface area contributed by atoms with Gasteiger partial charge in [-0.3, -0.25) is 4.79 Å². The van der Waals surface area contributed by atoms with Crippen molar-refractivity contribution in [3.63, 3.8) is 0 Å². The molecule has 1 saturated heterocycles. The number of carbonyl (C=O) groups is 2. The van der Waals surface area contributed by atoms with E-state index >= 15 is 0 Å². The van der Waals surface area contributed by atoms with Crippen molar-refractivity contribution >= 4 is 11.9 Å². The lowest BCUT2D eigenvalue weighted by molar-refractivity contribution is -0.149. The first-order chi connectivity index (χ1) is 8.59. The second-order valence-electron chi connectivity index (χ2n) is 5.42. The Kier molecular flexibility index (Phi) is 4.04. The van der Waals surface area contributed by atoms with Crippen molar-refractivity contribution < 1.29 is 14.7 Å². The number of hydrogen-bond acceptors (Lipinski definition) is 2. The number of aliphatic carboxylic acids is 1. The second kappa shape index (κ2) is 5.55. The zero-order valence-electron chi connectivity index (χ0n) is 10.9. The maximum Gasteiger partial charge on any atom is 0.326 e. The van der Waals surface area contributed by atoms with E-state index in [1.165, 1.54) is 12.0 Å². The van der Waals surface area contributed by atoms with E-state index in [0.29, 0.717) is 13.0 Å². The van der Waals surface area contributed by atoms with Crippen molar-refractivity contribution in [3.05, 3.63) is 11.6 Å². The van der Waals surface area contributed by atoms with Gasteiger partial charge in [0, 0.05) is 13.0 Å². The average Bonchev–Trinajstić information content (AvgIpc) is 2.72. The van der Waals surface area contributed by atoms with Crippen LogP contribution in [0, 0.1) is 5.92 Å². The van der Waals surface area contributed by atoms with E-state index in [1.807, 2.05) is 6.92 Å². The fraction of sp³-hybridized carbons (Fsp3) is 0.714. The molecule has 1 aliphatic heterocycles. The average molecular weight is 251 g/mol. The predicted octanol–water partition coefficient (Wildman–Crippen LogP) is 2.20. The monoisotopic (exact) mass is 251 g/mol. The van der Waals surface area contributed by atoms with Gasteiger partial charge in [0.1, 0.15) is 6.04 Å². The molecule has 18 heavy (non-hydrogen) atoms. The van der Waals surface area contributed by atoms with E-state index in [4.69, 9.17) is 0 Å². The first kappa shape index (κ1) is 13.1. The van der Waals surface area contributed by atoms with Gasteiger partial charge in [0.05, 0.1) is 0 Å². The lowest BCUT2D eigenvalue weighted by Crippen LogP contribution is -2.42. The van der Waals surface area contributed by atoms with Crippen LogP contribution in [0.4, 0.5) is 0 Å². The maximum atomic E-state index is 12.2.